The number of para-hydroxylation sites is 1. The molecule has 0 aliphatic carbocycles. The molecule has 0 atom stereocenters. The van der Waals surface area contributed by atoms with E-state index in [0.717, 1.165) is 29.8 Å². The van der Waals surface area contributed by atoms with Crippen molar-refractivity contribution in [2.75, 3.05) is 11.4 Å². The fourth-order valence-electron chi connectivity index (χ4n) is 3.31. The van der Waals surface area contributed by atoms with Gasteiger partial charge in [0.2, 0.25) is 11.8 Å². The van der Waals surface area contributed by atoms with Gasteiger partial charge < -0.3 is 4.90 Å². The summed E-state index contributed by atoms with van der Waals surface area (Å²) in [4.78, 5) is 26.5. The van der Waals surface area contributed by atoms with E-state index in [9.17, 15) is 9.59 Å². The molecular weight excluding hydrogens is 338 g/mol. The van der Waals surface area contributed by atoms with Crippen LogP contribution in [0.25, 0.3) is 0 Å². The van der Waals surface area contributed by atoms with Crippen LogP contribution in [0.2, 0.25) is 0 Å². The number of anilines is 1. The Balaban J connectivity index is 1.55. The standard InChI is InChI=1S/C22H25N3O2/c1-2-19(17-9-4-3-5-10-17)23-24-21(26)14-15-22(27)25-16-8-12-18-11-6-7-13-20(18)25/h3-7,9-11,13H,2,8,12,14-16H2,1H3,(H,24,26)/b23-19+. The Bertz CT molecular complexity index is 830. The quantitative estimate of drug-likeness (QED) is 0.629. The third kappa shape index (κ3) is 4.82. The summed E-state index contributed by atoms with van der Waals surface area (Å²) in [7, 11) is 0. The van der Waals surface area contributed by atoms with E-state index in [1.165, 1.54) is 5.56 Å². The summed E-state index contributed by atoms with van der Waals surface area (Å²) in [5.74, 6) is -0.254. The van der Waals surface area contributed by atoms with Crippen molar-refractivity contribution < 1.29 is 9.59 Å². The van der Waals surface area contributed by atoms with Crippen molar-refractivity contribution in [3.8, 4) is 0 Å². The molecule has 5 heteroatoms. The number of aryl methyl sites for hydroxylation is 1. The van der Waals surface area contributed by atoms with Gasteiger partial charge in [0.25, 0.3) is 0 Å². The topological polar surface area (TPSA) is 61.8 Å². The molecule has 0 unspecified atom stereocenters. The van der Waals surface area contributed by atoms with Gasteiger partial charge in [-0.05, 0) is 36.5 Å². The first kappa shape index (κ1) is 18.8. The van der Waals surface area contributed by atoms with Gasteiger partial charge in [0.05, 0.1) is 5.71 Å². The SMILES string of the molecule is CC/C(=N\NC(=O)CCC(=O)N1CCCc2ccccc21)c1ccccc1. The van der Waals surface area contributed by atoms with Gasteiger partial charge in [-0.15, -0.1) is 0 Å². The van der Waals surface area contributed by atoms with Crippen LogP contribution in [-0.4, -0.2) is 24.1 Å². The van der Waals surface area contributed by atoms with E-state index in [1.54, 1.807) is 4.90 Å². The maximum Gasteiger partial charge on any atom is 0.240 e. The lowest BCUT2D eigenvalue weighted by Crippen LogP contribution is -2.36. The molecule has 0 saturated carbocycles. The van der Waals surface area contributed by atoms with E-state index in [-0.39, 0.29) is 24.7 Å². The first-order valence-electron chi connectivity index (χ1n) is 9.48. The molecule has 1 aliphatic rings. The highest BCUT2D eigenvalue weighted by Crippen LogP contribution is 2.27. The number of benzene rings is 2. The second kappa shape index (κ2) is 9.12. The zero-order valence-electron chi connectivity index (χ0n) is 15.6. The number of hydrazone groups is 1. The minimum Gasteiger partial charge on any atom is -0.312 e. The summed E-state index contributed by atoms with van der Waals surface area (Å²) in [5.41, 5.74) is 6.57. The molecule has 1 aliphatic heterocycles. The summed E-state index contributed by atoms with van der Waals surface area (Å²) >= 11 is 0. The average molecular weight is 363 g/mol. The molecule has 5 nitrogen and oxygen atoms in total. The van der Waals surface area contributed by atoms with E-state index < -0.39 is 0 Å². The van der Waals surface area contributed by atoms with E-state index in [4.69, 9.17) is 0 Å². The summed E-state index contributed by atoms with van der Waals surface area (Å²) in [6.07, 6.45) is 2.98. The van der Waals surface area contributed by atoms with Crippen molar-refractivity contribution >= 4 is 23.2 Å². The molecule has 27 heavy (non-hydrogen) atoms. The van der Waals surface area contributed by atoms with Crippen molar-refractivity contribution in [3.63, 3.8) is 0 Å². The zero-order valence-corrected chi connectivity index (χ0v) is 15.6. The second-order valence-electron chi connectivity index (χ2n) is 6.59. The third-order valence-electron chi connectivity index (χ3n) is 4.73. The van der Waals surface area contributed by atoms with Crippen molar-refractivity contribution in [2.24, 2.45) is 5.10 Å². The lowest BCUT2D eigenvalue weighted by molar-refractivity contribution is -0.125. The molecule has 0 saturated heterocycles. The van der Waals surface area contributed by atoms with Crippen LogP contribution < -0.4 is 10.3 Å². The van der Waals surface area contributed by atoms with Crippen LogP contribution in [0, 0.1) is 0 Å². The molecule has 2 aromatic rings. The fraction of sp³-hybridized carbons (Fsp3) is 0.318. The molecule has 0 radical (unpaired) electrons. The predicted octanol–water partition coefficient (Wildman–Crippen LogP) is 3.68. The Hall–Kier alpha value is -2.95. The molecular formula is C22H25N3O2. The smallest absolute Gasteiger partial charge is 0.240 e. The molecule has 2 amide bonds. The minimum absolute atomic E-state index is 0.0138. The van der Waals surface area contributed by atoms with Crippen LogP contribution in [0.5, 0.6) is 0 Å². The van der Waals surface area contributed by atoms with E-state index in [2.05, 4.69) is 16.6 Å². The highest BCUT2D eigenvalue weighted by Gasteiger charge is 2.22. The van der Waals surface area contributed by atoms with Crippen molar-refractivity contribution in [3.05, 3.63) is 65.7 Å². The molecule has 1 heterocycles. The molecule has 0 fully saturated rings. The maximum absolute atomic E-state index is 12.6. The number of carbonyl (C=O) groups excluding carboxylic acids is 2. The summed E-state index contributed by atoms with van der Waals surface area (Å²) < 4.78 is 0. The Kier molecular flexibility index (Phi) is 6.36. The van der Waals surface area contributed by atoms with Gasteiger partial charge in [-0.3, -0.25) is 9.59 Å². The molecule has 1 N–H and O–H groups in total. The number of hydrogen-bond donors (Lipinski definition) is 1. The normalized spacial score (nSPS) is 13.8. The number of nitrogens with one attached hydrogen (secondary N) is 1. The van der Waals surface area contributed by atoms with Gasteiger partial charge in [0.15, 0.2) is 0 Å². The van der Waals surface area contributed by atoms with Crippen LogP contribution >= 0.6 is 0 Å². The van der Waals surface area contributed by atoms with Crippen LogP contribution in [-0.2, 0) is 16.0 Å². The largest absolute Gasteiger partial charge is 0.312 e. The number of amides is 2. The summed E-state index contributed by atoms with van der Waals surface area (Å²) in [6, 6.07) is 17.7. The van der Waals surface area contributed by atoms with E-state index in [1.807, 2.05) is 55.5 Å². The highest BCUT2D eigenvalue weighted by molar-refractivity contribution is 6.01. The van der Waals surface area contributed by atoms with Gasteiger partial charge in [0, 0.05) is 25.1 Å². The van der Waals surface area contributed by atoms with Crippen molar-refractivity contribution in [1.82, 2.24) is 5.43 Å². The Morgan fingerprint density at radius 1 is 1.04 bits per heavy atom. The molecule has 0 bridgehead atoms. The average Bonchev–Trinajstić information content (AvgIpc) is 2.73. The van der Waals surface area contributed by atoms with Crippen LogP contribution in [0.4, 0.5) is 5.69 Å². The van der Waals surface area contributed by atoms with Gasteiger partial charge in [-0.1, -0.05) is 55.5 Å². The maximum atomic E-state index is 12.6. The first-order valence-corrected chi connectivity index (χ1v) is 9.48. The number of fused-ring (bicyclic) bond motifs is 1. The first-order chi connectivity index (χ1) is 13.2. The van der Waals surface area contributed by atoms with Gasteiger partial charge in [-0.2, -0.15) is 5.10 Å². The van der Waals surface area contributed by atoms with Gasteiger partial charge in [-0.25, -0.2) is 5.43 Å². The second-order valence-corrected chi connectivity index (χ2v) is 6.59. The zero-order chi connectivity index (χ0) is 19.1. The van der Waals surface area contributed by atoms with E-state index >= 15 is 0 Å². The lowest BCUT2D eigenvalue weighted by Gasteiger charge is -2.29. The van der Waals surface area contributed by atoms with Crippen LogP contribution in [0.1, 0.15) is 43.7 Å². The minimum atomic E-state index is -0.240. The number of rotatable bonds is 6. The Labute approximate surface area is 160 Å². The fourth-order valence-corrected chi connectivity index (χ4v) is 3.31. The molecule has 3 rings (SSSR count). The number of carbonyl (C=O) groups is 2. The van der Waals surface area contributed by atoms with Crippen LogP contribution in [0.15, 0.2) is 59.7 Å². The lowest BCUT2D eigenvalue weighted by atomic mass is 10.0. The van der Waals surface area contributed by atoms with Gasteiger partial charge in [0.1, 0.15) is 0 Å². The van der Waals surface area contributed by atoms with Gasteiger partial charge >= 0.3 is 0 Å². The Morgan fingerprint density at radius 2 is 1.78 bits per heavy atom. The summed E-state index contributed by atoms with van der Waals surface area (Å²) in [6.45, 7) is 2.71. The molecule has 140 valence electrons. The number of hydrogen-bond acceptors (Lipinski definition) is 3. The molecule has 2 aromatic carbocycles. The van der Waals surface area contributed by atoms with Crippen LogP contribution in [0.3, 0.4) is 0 Å². The predicted molar refractivity (Wildman–Crippen MR) is 108 cm³/mol. The van der Waals surface area contributed by atoms with E-state index in [0.29, 0.717) is 13.0 Å². The Morgan fingerprint density at radius 3 is 2.56 bits per heavy atom. The monoisotopic (exact) mass is 363 g/mol. The highest BCUT2D eigenvalue weighted by atomic mass is 16.2. The number of nitrogens with zero attached hydrogens (tertiary/aromatic N) is 2. The van der Waals surface area contributed by atoms with Crippen molar-refractivity contribution in [2.45, 2.75) is 39.0 Å². The summed E-state index contributed by atoms with van der Waals surface area (Å²) in [5, 5.41) is 4.23. The van der Waals surface area contributed by atoms with Crippen molar-refractivity contribution in [1.29, 1.82) is 0 Å². The molecule has 0 spiro atoms. The molecule has 0 aromatic heterocycles. The third-order valence-corrected chi connectivity index (χ3v) is 4.73.